The number of pyridine rings is 1. The minimum atomic E-state index is -4.52. The third kappa shape index (κ3) is 2.64. The van der Waals surface area contributed by atoms with Gasteiger partial charge in [0.1, 0.15) is 5.69 Å². The van der Waals surface area contributed by atoms with E-state index in [2.05, 4.69) is 15.2 Å². The van der Waals surface area contributed by atoms with Gasteiger partial charge < -0.3 is 10.9 Å². The van der Waals surface area contributed by atoms with E-state index < -0.39 is 11.9 Å². The van der Waals surface area contributed by atoms with Crippen LogP contribution in [0, 0.1) is 0 Å². The van der Waals surface area contributed by atoms with Gasteiger partial charge >= 0.3 is 6.18 Å². The molecule has 19 heavy (non-hydrogen) atoms. The van der Waals surface area contributed by atoms with Crippen molar-refractivity contribution in [1.29, 1.82) is 0 Å². The smallest absolute Gasteiger partial charge is 0.409 e. The van der Waals surface area contributed by atoms with Crippen molar-refractivity contribution in [3.63, 3.8) is 0 Å². The highest BCUT2D eigenvalue weighted by atomic mass is 19.4. The largest absolute Gasteiger partial charge is 0.435 e. The van der Waals surface area contributed by atoms with Crippen LogP contribution in [0.2, 0.25) is 0 Å². The number of oxime groups is 1. The van der Waals surface area contributed by atoms with Gasteiger partial charge in [-0.2, -0.15) is 18.3 Å². The number of nitrogens with zero attached hydrogens (tertiary/aromatic N) is 4. The highest BCUT2D eigenvalue weighted by molar-refractivity contribution is 5.95. The summed E-state index contributed by atoms with van der Waals surface area (Å²) >= 11 is 0. The molecule has 0 saturated heterocycles. The van der Waals surface area contributed by atoms with Crippen molar-refractivity contribution in [2.45, 2.75) is 6.18 Å². The average Bonchev–Trinajstić information content (AvgIpc) is 2.87. The Morgan fingerprint density at radius 3 is 2.63 bits per heavy atom. The zero-order chi connectivity index (χ0) is 14.0. The Balaban J connectivity index is 2.40. The number of hydrogen-bond donors (Lipinski definition) is 2. The first-order valence-corrected chi connectivity index (χ1v) is 5.00. The Morgan fingerprint density at radius 1 is 1.32 bits per heavy atom. The number of nitrogens with two attached hydrogens (primary N) is 1. The number of aromatic nitrogens is 3. The minimum absolute atomic E-state index is 0.125. The fourth-order valence-corrected chi connectivity index (χ4v) is 1.35. The Bertz CT molecular complexity index is 620. The molecule has 0 aliphatic carbocycles. The molecule has 0 aromatic carbocycles. The van der Waals surface area contributed by atoms with E-state index >= 15 is 0 Å². The van der Waals surface area contributed by atoms with Gasteiger partial charge in [0.05, 0.1) is 0 Å². The molecule has 0 aliphatic heterocycles. The van der Waals surface area contributed by atoms with Crippen LogP contribution in [0.3, 0.4) is 0 Å². The van der Waals surface area contributed by atoms with Gasteiger partial charge in [-0.15, -0.1) is 0 Å². The van der Waals surface area contributed by atoms with E-state index in [9.17, 15) is 13.2 Å². The molecule has 3 N–H and O–H groups in total. The number of rotatable bonds is 2. The highest BCUT2D eigenvalue weighted by Gasteiger charge is 2.33. The first-order valence-electron chi connectivity index (χ1n) is 5.00. The van der Waals surface area contributed by atoms with Crippen molar-refractivity contribution in [3.8, 4) is 5.82 Å². The molecule has 2 heterocycles. The van der Waals surface area contributed by atoms with Crippen molar-refractivity contribution in [3.05, 3.63) is 41.9 Å². The fourth-order valence-electron chi connectivity index (χ4n) is 1.35. The molecular formula is C10H8F3N5O. The topological polar surface area (TPSA) is 89.3 Å². The third-order valence-corrected chi connectivity index (χ3v) is 2.22. The molecule has 0 aliphatic rings. The molecule has 0 amide bonds. The molecule has 2 rings (SSSR count). The lowest BCUT2D eigenvalue weighted by atomic mass is 10.3. The number of hydrogen-bond acceptors (Lipinski definition) is 4. The molecular weight excluding hydrogens is 263 g/mol. The van der Waals surface area contributed by atoms with Crippen molar-refractivity contribution in [2.24, 2.45) is 10.9 Å². The van der Waals surface area contributed by atoms with E-state index in [0.717, 1.165) is 16.9 Å². The molecule has 0 bridgehead atoms. The lowest BCUT2D eigenvalue weighted by Crippen LogP contribution is -2.16. The van der Waals surface area contributed by atoms with E-state index in [0.29, 0.717) is 0 Å². The van der Waals surface area contributed by atoms with E-state index in [-0.39, 0.29) is 17.3 Å². The Hall–Kier alpha value is -2.58. The molecule has 100 valence electrons. The average molecular weight is 271 g/mol. The molecule has 0 fully saturated rings. The summed E-state index contributed by atoms with van der Waals surface area (Å²) in [6, 6.07) is 5.23. The maximum atomic E-state index is 12.4. The van der Waals surface area contributed by atoms with Gasteiger partial charge in [-0.3, -0.25) is 0 Å². The van der Waals surface area contributed by atoms with Crippen molar-refractivity contribution < 1.29 is 18.4 Å². The quantitative estimate of drug-likeness (QED) is 0.374. The second kappa shape index (κ2) is 4.59. The third-order valence-electron chi connectivity index (χ3n) is 2.22. The molecule has 0 unspecified atom stereocenters. The van der Waals surface area contributed by atoms with Gasteiger partial charge in [0.2, 0.25) is 0 Å². The summed E-state index contributed by atoms with van der Waals surface area (Å²) in [7, 11) is 0. The van der Waals surface area contributed by atoms with Gasteiger partial charge in [0.15, 0.2) is 17.3 Å². The van der Waals surface area contributed by atoms with Gasteiger partial charge in [-0.05, 0) is 18.2 Å². The highest BCUT2D eigenvalue weighted by Crippen LogP contribution is 2.27. The second-order valence-corrected chi connectivity index (χ2v) is 3.51. The summed E-state index contributed by atoms with van der Waals surface area (Å²) in [4.78, 5) is 3.93. The summed E-state index contributed by atoms with van der Waals surface area (Å²) in [6.45, 7) is 0. The molecule has 0 spiro atoms. The number of alkyl halides is 3. The fraction of sp³-hybridized carbons (Fsp3) is 0.100. The van der Waals surface area contributed by atoms with E-state index in [1.165, 1.54) is 18.2 Å². The predicted octanol–water partition coefficient (Wildman–Crippen LogP) is 1.38. The maximum Gasteiger partial charge on any atom is 0.435 e. The van der Waals surface area contributed by atoms with Crippen LogP contribution < -0.4 is 5.73 Å². The molecule has 0 atom stereocenters. The van der Waals surface area contributed by atoms with Crippen LogP contribution in [-0.2, 0) is 6.18 Å². The lowest BCUT2D eigenvalue weighted by Gasteiger charge is -2.04. The summed E-state index contributed by atoms with van der Waals surface area (Å²) in [6.07, 6.45) is -3.39. The van der Waals surface area contributed by atoms with Crippen LogP contribution in [0.4, 0.5) is 13.2 Å². The normalized spacial score (nSPS) is 12.7. The van der Waals surface area contributed by atoms with E-state index in [1.54, 1.807) is 0 Å². The lowest BCUT2D eigenvalue weighted by molar-refractivity contribution is -0.141. The van der Waals surface area contributed by atoms with Crippen LogP contribution in [0.5, 0.6) is 0 Å². The number of amidine groups is 1. The van der Waals surface area contributed by atoms with Crippen LogP contribution in [0.15, 0.2) is 35.6 Å². The molecule has 0 saturated carbocycles. The molecule has 9 heteroatoms. The van der Waals surface area contributed by atoms with E-state index in [4.69, 9.17) is 10.9 Å². The zero-order valence-corrected chi connectivity index (χ0v) is 9.33. The molecule has 2 aromatic rings. The van der Waals surface area contributed by atoms with Gasteiger partial charge in [-0.25, -0.2) is 9.67 Å². The molecule has 0 radical (unpaired) electrons. The van der Waals surface area contributed by atoms with Crippen molar-refractivity contribution in [2.75, 3.05) is 0 Å². The Morgan fingerprint density at radius 2 is 2.05 bits per heavy atom. The summed E-state index contributed by atoms with van der Waals surface area (Å²) in [5.74, 6) is -0.121. The zero-order valence-electron chi connectivity index (χ0n) is 9.33. The Kier molecular flexibility index (Phi) is 3.11. The molecule has 6 nitrogen and oxygen atoms in total. The first-order chi connectivity index (χ1) is 8.91. The summed E-state index contributed by atoms with van der Waals surface area (Å²) < 4.78 is 38.2. The van der Waals surface area contributed by atoms with Crippen LogP contribution in [0.1, 0.15) is 11.4 Å². The van der Waals surface area contributed by atoms with Crippen LogP contribution in [0.25, 0.3) is 5.82 Å². The van der Waals surface area contributed by atoms with E-state index in [1.807, 2.05) is 0 Å². The minimum Gasteiger partial charge on any atom is -0.409 e. The maximum absolute atomic E-state index is 12.4. The summed E-state index contributed by atoms with van der Waals surface area (Å²) in [5, 5.41) is 14.6. The van der Waals surface area contributed by atoms with Gasteiger partial charge in [-0.1, -0.05) is 11.2 Å². The monoisotopic (exact) mass is 271 g/mol. The first kappa shape index (κ1) is 12.9. The Labute approximate surface area is 105 Å². The van der Waals surface area contributed by atoms with Crippen LogP contribution in [-0.4, -0.2) is 25.8 Å². The van der Waals surface area contributed by atoms with Crippen molar-refractivity contribution >= 4 is 5.84 Å². The SMILES string of the molecule is NC(=NO)c1cccc(-n2ccc(C(F)(F)F)n2)n1. The standard InChI is InChI=1S/C10H8F3N5O/c11-10(12,13)7-4-5-18(16-7)8-3-1-2-6(15-8)9(14)17-19/h1-5,19H,(H2,14,17). The summed E-state index contributed by atoms with van der Waals surface area (Å²) in [5.41, 5.74) is 4.45. The van der Waals surface area contributed by atoms with Crippen LogP contribution >= 0.6 is 0 Å². The van der Waals surface area contributed by atoms with Gasteiger partial charge in [0, 0.05) is 6.20 Å². The van der Waals surface area contributed by atoms with Crippen molar-refractivity contribution in [1.82, 2.24) is 14.8 Å². The predicted molar refractivity (Wildman–Crippen MR) is 58.9 cm³/mol. The van der Waals surface area contributed by atoms with Gasteiger partial charge in [0.25, 0.3) is 0 Å². The number of halogens is 3. The molecule has 2 aromatic heterocycles. The second-order valence-electron chi connectivity index (χ2n) is 3.51.